The van der Waals surface area contributed by atoms with E-state index >= 15 is 0 Å². The van der Waals surface area contributed by atoms with E-state index in [2.05, 4.69) is 87.5 Å². The topological polar surface area (TPSA) is 0 Å². The summed E-state index contributed by atoms with van der Waals surface area (Å²) in [7, 11) is -1.41. The standard InChI is InChI=1S/C20H26Si/c1-4-21(5-2,6-3)20(19-15-11-8-12-16-19)17-18-13-9-7-10-14-18/h7-17H,4-6H2,1-3H3/b20-17+. The van der Waals surface area contributed by atoms with Gasteiger partial charge < -0.3 is 0 Å². The molecule has 0 radical (unpaired) electrons. The molecule has 0 aromatic heterocycles. The van der Waals surface area contributed by atoms with E-state index in [0.29, 0.717) is 0 Å². The average molecular weight is 295 g/mol. The van der Waals surface area contributed by atoms with Crippen molar-refractivity contribution in [3.8, 4) is 0 Å². The Bertz CT molecular complexity index is 557. The van der Waals surface area contributed by atoms with E-state index in [1.54, 1.807) is 5.20 Å². The molecular weight excluding hydrogens is 268 g/mol. The van der Waals surface area contributed by atoms with Crippen molar-refractivity contribution in [2.45, 2.75) is 38.9 Å². The van der Waals surface area contributed by atoms with Crippen LogP contribution >= 0.6 is 0 Å². The predicted octanol–water partition coefficient (Wildman–Crippen LogP) is 6.27. The third-order valence-corrected chi connectivity index (χ3v) is 10.4. The summed E-state index contributed by atoms with van der Waals surface area (Å²) in [6, 6.07) is 25.7. The molecule has 0 N–H and O–H groups in total. The Hall–Kier alpha value is -1.60. The van der Waals surface area contributed by atoms with Crippen LogP contribution in [0, 0.1) is 0 Å². The minimum atomic E-state index is -1.41. The zero-order valence-corrected chi connectivity index (χ0v) is 14.5. The summed E-state index contributed by atoms with van der Waals surface area (Å²) in [4.78, 5) is 0. The Morgan fingerprint density at radius 3 is 1.71 bits per heavy atom. The van der Waals surface area contributed by atoms with Crippen LogP contribution in [0.4, 0.5) is 0 Å². The first-order valence-corrected chi connectivity index (χ1v) is 10.7. The van der Waals surface area contributed by atoms with Gasteiger partial charge in [-0.25, -0.2) is 0 Å². The molecule has 0 unspecified atom stereocenters. The second-order valence-electron chi connectivity index (χ2n) is 5.68. The highest BCUT2D eigenvalue weighted by Crippen LogP contribution is 2.36. The Morgan fingerprint density at radius 1 is 0.762 bits per heavy atom. The fourth-order valence-electron chi connectivity index (χ4n) is 3.20. The summed E-state index contributed by atoms with van der Waals surface area (Å²) in [6.45, 7) is 7.13. The van der Waals surface area contributed by atoms with E-state index in [1.807, 2.05) is 0 Å². The van der Waals surface area contributed by atoms with E-state index in [4.69, 9.17) is 0 Å². The number of rotatable bonds is 6. The smallest absolute Gasteiger partial charge is 0.0675 e. The van der Waals surface area contributed by atoms with Crippen LogP contribution in [0.25, 0.3) is 11.3 Å². The van der Waals surface area contributed by atoms with Gasteiger partial charge in [-0.2, -0.15) is 0 Å². The van der Waals surface area contributed by atoms with Gasteiger partial charge in [-0.15, -0.1) is 0 Å². The van der Waals surface area contributed by atoms with Crippen LogP contribution in [0.15, 0.2) is 60.7 Å². The molecule has 0 fully saturated rings. The monoisotopic (exact) mass is 294 g/mol. The molecule has 110 valence electrons. The predicted molar refractivity (Wildman–Crippen MR) is 98.0 cm³/mol. The highest BCUT2D eigenvalue weighted by Gasteiger charge is 2.32. The van der Waals surface area contributed by atoms with Crippen LogP contribution in [-0.2, 0) is 0 Å². The molecule has 0 nitrogen and oxygen atoms in total. The Morgan fingerprint density at radius 2 is 1.24 bits per heavy atom. The molecule has 21 heavy (non-hydrogen) atoms. The van der Waals surface area contributed by atoms with Crippen molar-refractivity contribution in [1.82, 2.24) is 0 Å². The fourth-order valence-corrected chi connectivity index (χ4v) is 7.09. The fraction of sp³-hybridized carbons (Fsp3) is 0.300. The Kier molecular flexibility index (Phi) is 5.57. The first-order valence-electron chi connectivity index (χ1n) is 8.08. The molecule has 0 saturated heterocycles. The zero-order valence-electron chi connectivity index (χ0n) is 13.5. The highest BCUT2D eigenvalue weighted by molar-refractivity contribution is 6.97. The highest BCUT2D eigenvalue weighted by atomic mass is 28.3. The van der Waals surface area contributed by atoms with Gasteiger partial charge in [0.15, 0.2) is 0 Å². The van der Waals surface area contributed by atoms with E-state index in [1.165, 1.54) is 29.3 Å². The van der Waals surface area contributed by atoms with Crippen LogP contribution in [0.3, 0.4) is 0 Å². The molecule has 2 aromatic rings. The van der Waals surface area contributed by atoms with Crippen molar-refractivity contribution in [2.24, 2.45) is 0 Å². The number of hydrogen-bond donors (Lipinski definition) is 0. The first kappa shape index (κ1) is 15.8. The van der Waals surface area contributed by atoms with E-state index in [9.17, 15) is 0 Å². The summed E-state index contributed by atoms with van der Waals surface area (Å²) in [5.41, 5.74) is 2.74. The van der Waals surface area contributed by atoms with Crippen molar-refractivity contribution >= 4 is 19.3 Å². The van der Waals surface area contributed by atoms with Crippen molar-refractivity contribution < 1.29 is 0 Å². The lowest BCUT2D eigenvalue weighted by Crippen LogP contribution is -2.33. The first-order chi connectivity index (χ1) is 10.3. The zero-order chi connectivity index (χ0) is 15.1. The van der Waals surface area contributed by atoms with E-state index in [0.717, 1.165) is 0 Å². The third-order valence-electron chi connectivity index (χ3n) is 4.80. The number of hydrogen-bond acceptors (Lipinski definition) is 0. The summed E-state index contributed by atoms with van der Waals surface area (Å²) in [5.74, 6) is 0. The minimum absolute atomic E-state index is 1.31. The van der Waals surface area contributed by atoms with Gasteiger partial charge in [0.1, 0.15) is 0 Å². The lowest BCUT2D eigenvalue weighted by molar-refractivity contribution is 1.20. The SMILES string of the molecule is CC[Si](CC)(CC)/C(=C/c1ccccc1)c1ccccc1. The second-order valence-corrected chi connectivity index (χ2v) is 10.9. The lowest BCUT2D eigenvalue weighted by Gasteiger charge is -2.32. The average Bonchev–Trinajstić information content (AvgIpc) is 2.57. The number of benzene rings is 2. The quantitative estimate of drug-likeness (QED) is 0.435. The van der Waals surface area contributed by atoms with Gasteiger partial charge in [0, 0.05) is 0 Å². The van der Waals surface area contributed by atoms with Crippen molar-refractivity contribution in [1.29, 1.82) is 0 Å². The summed E-state index contributed by atoms with van der Waals surface area (Å²) in [6.07, 6.45) is 2.44. The third kappa shape index (κ3) is 3.54. The van der Waals surface area contributed by atoms with Crippen molar-refractivity contribution in [3.05, 3.63) is 71.8 Å². The van der Waals surface area contributed by atoms with Crippen molar-refractivity contribution in [3.63, 3.8) is 0 Å². The molecule has 2 rings (SSSR count). The van der Waals surface area contributed by atoms with Crippen molar-refractivity contribution in [2.75, 3.05) is 0 Å². The molecule has 0 atom stereocenters. The molecule has 0 heterocycles. The maximum atomic E-state index is 2.44. The summed E-state index contributed by atoms with van der Waals surface area (Å²) in [5, 5.41) is 1.61. The van der Waals surface area contributed by atoms with Crippen LogP contribution in [0.5, 0.6) is 0 Å². The molecule has 0 bridgehead atoms. The van der Waals surface area contributed by atoms with E-state index in [-0.39, 0.29) is 0 Å². The van der Waals surface area contributed by atoms with Gasteiger partial charge in [0.2, 0.25) is 0 Å². The lowest BCUT2D eigenvalue weighted by atomic mass is 10.1. The van der Waals surface area contributed by atoms with Gasteiger partial charge in [-0.3, -0.25) is 0 Å². The Labute approximate surface area is 130 Å². The normalized spacial score (nSPS) is 12.4. The van der Waals surface area contributed by atoms with Crippen LogP contribution in [-0.4, -0.2) is 8.07 Å². The molecule has 0 aliphatic rings. The Balaban J connectivity index is 2.57. The molecule has 2 aromatic carbocycles. The molecule has 0 aliphatic heterocycles. The molecule has 0 saturated carbocycles. The van der Waals surface area contributed by atoms with Crippen LogP contribution in [0.1, 0.15) is 31.9 Å². The molecule has 0 aliphatic carbocycles. The summed E-state index contributed by atoms with van der Waals surface area (Å²) < 4.78 is 0. The maximum Gasteiger partial charge on any atom is 0.0867 e. The molecule has 0 amide bonds. The largest absolute Gasteiger partial charge is 0.0867 e. The van der Waals surface area contributed by atoms with Gasteiger partial charge in [-0.05, 0) is 11.1 Å². The molecule has 0 spiro atoms. The molecule has 1 heteroatoms. The second kappa shape index (κ2) is 7.42. The van der Waals surface area contributed by atoms with Gasteiger partial charge in [-0.1, -0.05) is 111 Å². The molecular formula is C20H26Si. The summed E-state index contributed by atoms with van der Waals surface area (Å²) >= 11 is 0. The van der Waals surface area contributed by atoms with Crippen LogP contribution < -0.4 is 0 Å². The van der Waals surface area contributed by atoms with Crippen LogP contribution in [0.2, 0.25) is 18.1 Å². The van der Waals surface area contributed by atoms with Gasteiger partial charge >= 0.3 is 0 Å². The van der Waals surface area contributed by atoms with Gasteiger partial charge in [0.05, 0.1) is 8.07 Å². The van der Waals surface area contributed by atoms with E-state index < -0.39 is 8.07 Å². The maximum absolute atomic E-state index is 2.44. The minimum Gasteiger partial charge on any atom is -0.0675 e. The van der Waals surface area contributed by atoms with Gasteiger partial charge in [0.25, 0.3) is 0 Å².